The van der Waals surface area contributed by atoms with Gasteiger partial charge in [0.1, 0.15) is 12.4 Å². The zero-order valence-corrected chi connectivity index (χ0v) is 15.7. The largest absolute Gasteiger partial charge is 0.489 e. The Morgan fingerprint density at radius 1 is 0.778 bits per heavy atom. The molecule has 140 valence electrons. The highest BCUT2D eigenvalue weighted by Crippen LogP contribution is 2.32. The lowest BCUT2D eigenvalue weighted by atomic mass is 10.1. The smallest absolute Gasteiger partial charge is 0.231 e. The fourth-order valence-electron chi connectivity index (χ4n) is 2.92. The van der Waals surface area contributed by atoms with Gasteiger partial charge in [0.25, 0.3) is 0 Å². The number of ether oxygens (including phenoxy) is 3. The second-order valence-electron chi connectivity index (χ2n) is 6.17. The van der Waals surface area contributed by atoms with Gasteiger partial charge in [-0.3, -0.25) is 0 Å². The molecule has 0 atom stereocenters. The first-order chi connectivity index (χ1) is 12.9. The molecular formula is C22H22ClNO3. The summed E-state index contributed by atoms with van der Waals surface area (Å²) in [6.07, 6.45) is 0. The van der Waals surface area contributed by atoms with Crippen molar-refractivity contribution in [1.29, 1.82) is 0 Å². The van der Waals surface area contributed by atoms with Gasteiger partial charge in [-0.1, -0.05) is 54.6 Å². The topological polar surface area (TPSA) is 39.7 Å². The van der Waals surface area contributed by atoms with Crippen LogP contribution in [0.15, 0.2) is 72.8 Å². The number of fused-ring (bicyclic) bond motifs is 1. The molecular weight excluding hydrogens is 362 g/mol. The average Bonchev–Trinajstić information content (AvgIpc) is 3.16. The summed E-state index contributed by atoms with van der Waals surface area (Å²) in [6.45, 7) is 2.36. The van der Waals surface area contributed by atoms with E-state index in [1.165, 1.54) is 0 Å². The summed E-state index contributed by atoms with van der Waals surface area (Å²) < 4.78 is 16.8. The van der Waals surface area contributed by atoms with Crippen LogP contribution in [0.5, 0.6) is 17.2 Å². The predicted molar refractivity (Wildman–Crippen MR) is 108 cm³/mol. The van der Waals surface area contributed by atoms with E-state index in [0.29, 0.717) is 13.4 Å². The molecule has 0 aromatic heterocycles. The predicted octanol–water partition coefficient (Wildman–Crippen LogP) is 4.71. The first-order valence-corrected chi connectivity index (χ1v) is 8.72. The second-order valence-corrected chi connectivity index (χ2v) is 6.17. The SMILES string of the molecule is Cl.c1ccc(COc2ccccc2CNCc2ccc3c(c2)OCO3)cc1. The Bertz CT molecular complexity index is 870. The fraction of sp³-hybridized carbons (Fsp3) is 0.182. The van der Waals surface area contributed by atoms with E-state index in [9.17, 15) is 0 Å². The molecule has 4 nitrogen and oxygen atoms in total. The molecule has 0 amide bonds. The molecule has 4 rings (SSSR count). The summed E-state index contributed by atoms with van der Waals surface area (Å²) in [5, 5.41) is 3.47. The van der Waals surface area contributed by atoms with Gasteiger partial charge in [-0.15, -0.1) is 12.4 Å². The minimum absolute atomic E-state index is 0. The van der Waals surface area contributed by atoms with Crippen molar-refractivity contribution < 1.29 is 14.2 Å². The Morgan fingerprint density at radius 3 is 2.44 bits per heavy atom. The summed E-state index contributed by atoms with van der Waals surface area (Å²) in [7, 11) is 0. The summed E-state index contributed by atoms with van der Waals surface area (Å²) in [5.74, 6) is 2.54. The van der Waals surface area contributed by atoms with Crippen LogP contribution in [0.25, 0.3) is 0 Å². The molecule has 1 heterocycles. The Labute approximate surface area is 165 Å². The van der Waals surface area contributed by atoms with Crippen LogP contribution < -0.4 is 19.5 Å². The minimum atomic E-state index is 0. The monoisotopic (exact) mass is 383 g/mol. The highest BCUT2D eigenvalue weighted by Gasteiger charge is 2.13. The molecule has 0 unspecified atom stereocenters. The Hall–Kier alpha value is -2.69. The van der Waals surface area contributed by atoms with Crippen LogP contribution in [-0.4, -0.2) is 6.79 Å². The van der Waals surface area contributed by atoms with Crippen LogP contribution in [0.3, 0.4) is 0 Å². The summed E-state index contributed by atoms with van der Waals surface area (Å²) >= 11 is 0. The van der Waals surface area contributed by atoms with Gasteiger partial charge in [0, 0.05) is 18.7 Å². The van der Waals surface area contributed by atoms with Gasteiger partial charge < -0.3 is 19.5 Å². The Morgan fingerprint density at radius 2 is 1.56 bits per heavy atom. The maximum atomic E-state index is 6.01. The van der Waals surface area contributed by atoms with Gasteiger partial charge in [0.05, 0.1) is 0 Å². The van der Waals surface area contributed by atoms with E-state index >= 15 is 0 Å². The molecule has 5 heteroatoms. The van der Waals surface area contributed by atoms with Crippen LogP contribution in [0, 0.1) is 0 Å². The van der Waals surface area contributed by atoms with E-state index in [2.05, 4.69) is 29.6 Å². The molecule has 3 aromatic rings. The van der Waals surface area contributed by atoms with E-state index in [1.54, 1.807) is 0 Å². The van der Waals surface area contributed by atoms with Crippen molar-refractivity contribution in [3.8, 4) is 17.2 Å². The maximum absolute atomic E-state index is 6.01. The fourth-order valence-corrected chi connectivity index (χ4v) is 2.92. The molecule has 1 N–H and O–H groups in total. The van der Waals surface area contributed by atoms with Crippen molar-refractivity contribution in [3.63, 3.8) is 0 Å². The lowest BCUT2D eigenvalue weighted by Gasteiger charge is -2.12. The van der Waals surface area contributed by atoms with Gasteiger partial charge >= 0.3 is 0 Å². The van der Waals surface area contributed by atoms with E-state index in [4.69, 9.17) is 14.2 Å². The number of rotatable bonds is 7. The quantitative estimate of drug-likeness (QED) is 0.641. The molecule has 0 saturated carbocycles. The average molecular weight is 384 g/mol. The lowest BCUT2D eigenvalue weighted by Crippen LogP contribution is -2.13. The molecule has 1 aliphatic rings. The third-order valence-electron chi connectivity index (χ3n) is 4.29. The number of halogens is 1. The highest BCUT2D eigenvalue weighted by molar-refractivity contribution is 5.85. The molecule has 0 radical (unpaired) electrons. The van der Waals surface area contributed by atoms with Gasteiger partial charge in [0.2, 0.25) is 6.79 Å². The van der Waals surface area contributed by atoms with E-state index in [1.807, 2.05) is 48.5 Å². The third kappa shape index (κ3) is 4.94. The molecule has 3 aromatic carbocycles. The van der Waals surface area contributed by atoms with Crippen molar-refractivity contribution in [2.75, 3.05) is 6.79 Å². The van der Waals surface area contributed by atoms with Crippen LogP contribution in [0.4, 0.5) is 0 Å². The zero-order valence-electron chi connectivity index (χ0n) is 14.9. The summed E-state index contributed by atoms with van der Waals surface area (Å²) in [6, 6.07) is 24.4. The number of benzene rings is 3. The number of para-hydroxylation sites is 1. The summed E-state index contributed by atoms with van der Waals surface area (Å²) in [4.78, 5) is 0. The highest BCUT2D eigenvalue weighted by atomic mass is 35.5. The third-order valence-corrected chi connectivity index (χ3v) is 4.29. The van der Waals surface area contributed by atoms with Crippen molar-refractivity contribution in [3.05, 3.63) is 89.5 Å². The van der Waals surface area contributed by atoms with Gasteiger partial charge in [-0.2, -0.15) is 0 Å². The van der Waals surface area contributed by atoms with Gasteiger partial charge in [-0.25, -0.2) is 0 Å². The van der Waals surface area contributed by atoms with Crippen LogP contribution in [0.2, 0.25) is 0 Å². The zero-order chi connectivity index (χ0) is 17.6. The van der Waals surface area contributed by atoms with E-state index in [0.717, 1.165) is 47.0 Å². The van der Waals surface area contributed by atoms with Crippen molar-refractivity contribution in [2.24, 2.45) is 0 Å². The van der Waals surface area contributed by atoms with Gasteiger partial charge in [0.15, 0.2) is 11.5 Å². The molecule has 0 saturated heterocycles. The van der Waals surface area contributed by atoms with Crippen molar-refractivity contribution in [1.82, 2.24) is 5.32 Å². The van der Waals surface area contributed by atoms with Crippen molar-refractivity contribution in [2.45, 2.75) is 19.7 Å². The first kappa shape index (κ1) is 19.1. The normalized spacial score (nSPS) is 11.7. The lowest BCUT2D eigenvalue weighted by molar-refractivity contribution is 0.174. The molecule has 27 heavy (non-hydrogen) atoms. The first-order valence-electron chi connectivity index (χ1n) is 8.72. The number of hydrogen-bond donors (Lipinski definition) is 1. The van der Waals surface area contributed by atoms with Crippen LogP contribution in [-0.2, 0) is 19.7 Å². The number of hydrogen-bond acceptors (Lipinski definition) is 4. The van der Waals surface area contributed by atoms with Gasteiger partial charge in [-0.05, 0) is 29.3 Å². The van der Waals surface area contributed by atoms with E-state index in [-0.39, 0.29) is 12.4 Å². The maximum Gasteiger partial charge on any atom is 0.231 e. The number of nitrogens with one attached hydrogen (secondary N) is 1. The molecule has 0 spiro atoms. The standard InChI is InChI=1S/C22H21NO3.ClH/c1-2-6-17(7-3-1)15-24-20-9-5-4-8-19(20)14-23-13-18-10-11-21-22(12-18)26-16-25-21;/h1-12,23H,13-16H2;1H. The Kier molecular flexibility index (Phi) is 6.58. The minimum Gasteiger partial charge on any atom is -0.489 e. The van der Waals surface area contributed by atoms with Crippen molar-refractivity contribution >= 4 is 12.4 Å². The molecule has 1 aliphatic heterocycles. The van der Waals surface area contributed by atoms with E-state index < -0.39 is 0 Å². The van der Waals surface area contributed by atoms with Crippen LogP contribution in [0.1, 0.15) is 16.7 Å². The molecule has 0 aliphatic carbocycles. The summed E-state index contributed by atoms with van der Waals surface area (Å²) in [5.41, 5.74) is 3.47. The Balaban J connectivity index is 0.00000210. The molecule has 0 fully saturated rings. The molecule has 0 bridgehead atoms. The van der Waals surface area contributed by atoms with Crippen LogP contribution >= 0.6 is 12.4 Å². The second kappa shape index (κ2) is 9.31.